The lowest BCUT2D eigenvalue weighted by Gasteiger charge is -2.23. The van der Waals surface area contributed by atoms with E-state index in [-0.39, 0.29) is 17.5 Å². The first-order valence-electron chi connectivity index (χ1n) is 6.98. The smallest absolute Gasteiger partial charge is 0.227 e. The number of aromatic nitrogens is 1. The number of carbonyl (C=O) groups is 1. The standard InChI is InChI=1S/C14H20F2N4O/c1-4-18-11-9(15)7-10(16)12(19-11)20-6-5-14(2,8-20)13(21)17-3/h7H,4-6,8H2,1-3H3,(H,17,21)(H,18,19). The van der Waals surface area contributed by atoms with Crippen molar-refractivity contribution in [1.82, 2.24) is 10.3 Å². The topological polar surface area (TPSA) is 57.3 Å². The van der Waals surface area contributed by atoms with E-state index in [1.54, 1.807) is 11.9 Å². The molecule has 5 nitrogen and oxygen atoms in total. The van der Waals surface area contributed by atoms with Crippen LogP contribution in [0.2, 0.25) is 0 Å². The SMILES string of the molecule is CCNc1nc(N2CCC(C)(C(=O)NC)C2)c(F)cc1F. The molecule has 1 unspecified atom stereocenters. The normalized spacial score (nSPS) is 21.5. The van der Waals surface area contributed by atoms with Crippen molar-refractivity contribution in [3.63, 3.8) is 0 Å². The van der Waals surface area contributed by atoms with Crippen LogP contribution in [0, 0.1) is 17.0 Å². The minimum Gasteiger partial charge on any atom is -0.368 e. The highest BCUT2D eigenvalue weighted by Crippen LogP contribution is 2.34. The van der Waals surface area contributed by atoms with Crippen LogP contribution in [-0.4, -0.2) is 37.6 Å². The first kappa shape index (κ1) is 15.5. The fourth-order valence-corrected chi connectivity index (χ4v) is 2.60. The van der Waals surface area contributed by atoms with Gasteiger partial charge >= 0.3 is 0 Å². The monoisotopic (exact) mass is 298 g/mol. The quantitative estimate of drug-likeness (QED) is 0.889. The average Bonchev–Trinajstić information content (AvgIpc) is 2.84. The number of amides is 1. The summed E-state index contributed by atoms with van der Waals surface area (Å²) in [4.78, 5) is 17.6. The molecule has 0 aromatic carbocycles. The van der Waals surface area contributed by atoms with Gasteiger partial charge in [0, 0.05) is 32.7 Å². The van der Waals surface area contributed by atoms with Gasteiger partial charge in [-0.05, 0) is 20.3 Å². The van der Waals surface area contributed by atoms with Gasteiger partial charge in [0.2, 0.25) is 5.91 Å². The Morgan fingerprint density at radius 2 is 2.19 bits per heavy atom. The molecule has 0 radical (unpaired) electrons. The van der Waals surface area contributed by atoms with E-state index < -0.39 is 17.0 Å². The fraction of sp³-hybridized carbons (Fsp3) is 0.571. The molecule has 2 rings (SSSR count). The first-order valence-corrected chi connectivity index (χ1v) is 6.98. The van der Waals surface area contributed by atoms with Gasteiger partial charge in [0.25, 0.3) is 0 Å². The highest BCUT2D eigenvalue weighted by molar-refractivity contribution is 5.83. The van der Waals surface area contributed by atoms with Gasteiger partial charge < -0.3 is 15.5 Å². The van der Waals surface area contributed by atoms with Gasteiger partial charge in [-0.2, -0.15) is 0 Å². The molecule has 1 amide bonds. The lowest BCUT2D eigenvalue weighted by Crippen LogP contribution is -2.39. The average molecular weight is 298 g/mol. The summed E-state index contributed by atoms with van der Waals surface area (Å²) < 4.78 is 27.6. The summed E-state index contributed by atoms with van der Waals surface area (Å²) in [7, 11) is 1.58. The van der Waals surface area contributed by atoms with E-state index in [1.807, 2.05) is 13.8 Å². The molecule has 1 aromatic rings. The number of pyridine rings is 1. The van der Waals surface area contributed by atoms with Crippen LogP contribution in [-0.2, 0) is 4.79 Å². The first-order chi connectivity index (χ1) is 9.91. The van der Waals surface area contributed by atoms with Gasteiger partial charge in [0.05, 0.1) is 5.41 Å². The van der Waals surface area contributed by atoms with Crippen LogP contribution in [0.5, 0.6) is 0 Å². The molecule has 7 heteroatoms. The largest absolute Gasteiger partial charge is 0.368 e. The molecule has 0 aliphatic carbocycles. The number of carbonyl (C=O) groups excluding carboxylic acids is 1. The molecule has 0 saturated carbocycles. The van der Waals surface area contributed by atoms with Gasteiger partial charge in [0.15, 0.2) is 23.3 Å². The molecule has 1 saturated heterocycles. The minimum atomic E-state index is -0.716. The van der Waals surface area contributed by atoms with Crippen molar-refractivity contribution in [2.75, 3.05) is 36.9 Å². The van der Waals surface area contributed by atoms with Gasteiger partial charge in [-0.3, -0.25) is 4.79 Å². The molecule has 1 aliphatic rings. The second-order valence-corrected chi connectivity index (χ2v) is 5.47. The Labute approximate surface area is 122 Å². The molecule has 1 aliphatic heterocycles. The van der Waals surface area contributed by atoms with E-state index in [0.29, 0.717) is 26.1 Å². The molecule has 2 N–H and O–H groups in total. The zero-order chi connectivity index (χ0) is 15.6. The predicted molar refractivity (Wildman–Crippen MR) is 77.3 cm³/mol. The van der Waals surface area contributed by atoms with Crippen LogP contribution in [0.3, 0.4) is 0 Å². The molecule has 0 spiro atoms. The van der Waals surface area contributed by atoms with Gasteiger partial charge in [-0.1, -0.05) is 0 Å². The Morgan fingerprint density at radius 1 is 1.48 bits per heavy atom. The second-order valence-electron chi connectivity index (χ2n) is 5.47. The maximum Gasteiger partial charge on any atom is 0.227 e. The van der Waals surface area contributed by atoms with E-state index in [1.165, 1.54) is 0 Å². The van der Waals surface area contributed by atoms with Crippen molar-refractivity contribution < 1.29 is 13.6 Å². The molecule has 1 fully saturated rings. The molecular weight excluding hydrogens is 278 g/mol. The van der Waals surface area contributed by atoms with Crippen molar-refractivity contribution in [2.45, 2.75) is 20.3 Å². The number of halogens is 2. The summed E-state index contributed by atoms with van der Waals surface area (Å²) in [6, 6.07) is 0.829. The lowest BCUT2D eigenvalue weighted by atomic mass is 9.89. The Hall–Kier alpha value is -1.92. The van der Waals surface area contributed by atoms with E-state index in [0.717, 1.165) is 6.07 Å². The molecular formula is C14H20F2N4O. The van der Waals surface area contributed by atoms with E-state index in [2.05, 4.69) is 15.6 Å². The Morgan fingerprint density at radius 3 is 2.81 bits per heavy atom. The molecule has 2 heterocycles. The minimum absolute atomic E-state index is 0.0300. The maximum absolute atomic E-state index is 14.0. The van der Waals surface area contributed by atoms with Crippen molar-refractivity contribution in [2.24, 2.45) is 5.41 Å². The number of hydrogen-bond donors (Lipinski definition) is 2. The van der Waals surface area contributed by atoms with Crippen LogP contribution < -0.4 is 15.5 Å². The van der Waals surface area contributed by atoms with Crippen LogP contribution in [0.1, 0.15) is 20.3 Å². The molecule has 1 aromatic heterocycles. The van der Waals surface area contributed by atoms with Crippen molar-refractivity contribution in [1.29, 1.82) is 0 Å². The van der Waals surface area contributed by atoms with Crippen LogP contribution >= 0.6 is 0 Å². The number of nitrogens with zero attached hydrogens (tertiary/aromatic N) is 2. The zero-order valence-corrected chi connectivity index (χ0v) is 12.5. The Bertz CT molecular complexity index is 552. The summed E-state index contributed by atoms with van der Waals surface area (Å²) in [5.74, 6) is -1.40. The maximum atomic E-state index is 14.0. The summed E-state index contributed by atoms with van der Waals surface area (Å²) in [6.45, 7) is 4.99. The van der Waals surface area contributed by atoms with E-state index >= 15 is 0 Å². The van der Waals surface area contributed by atoms with E-state index in [9.17, 15) is 13.6 Å². The zero-order valence-electron chi connectivity index (χ0n) is 12.5. The highest BCUT2D eigenvalue weighted by Gasteiger charge is 2.41. The summed E-state index contributed by atoms with van der Waals surface area (Å²) in [6.07, 6.45) is 0.599. The third-order valence-corrected chi connectivity index (χ3v) is 3.80. The van der Waals surface area contributed by atoms with Gasteiger partial charge in [0.1, 0.15) is 0 Å². The van der Waals surface area contributed by atoms with Crippen LogP contribution in [0.4, 0.5) is 20.4 Å². The van der Waals surface area contributed by atoms with E-state index in [4.69, 9.17) is 0 Å². The van der Waals surface area contributed by atoms with Gasteiger partial charge in [-0.15, -0.1) is 0 Å². The van der Waals surface area contributed by atoms with Crippen molar-refractivity contribution >= 4 is 17.5 Å². The number of rotatable bonds is 4. The fourth-order valence-electron chi connectivity index (χ4n) is 2.60. The number of nitrogens with one attached hydrogen (secondary N) is 2. The summed E-state index contributed by atoms with van der Waals surface area (Å²) >= 11 is 0. The van der Waals surface area contributed by atoms with Crippen molar-refractivity contribution in [3.05, 3.63) is 17.7 Å². The third kappa shape index (κ3) is 2.91. The highest BCUT2D eigenvalue weighted by atomic mass is 19.1. The van der Waals surface area contributed by atoms with Crippen LogP contribution in [0.15, 0.2) is 6.07 Å². The summed E-state index contributed by atoms with van der Waals surface area (Å²) in [5.41, 5.74) is -0.588. The summed E-state index contributed by atoms with van der Waals surface area (Å²) in [5, 5.41) is 5.39. The number of hydrogen-bond acceptors (Lipinski definition) is 4. The third-order valence-electron chi connectivity index (χ3n) is 3.80. The number of anilines is 2. The Balaban J connectivity index is 2.27. The van der Waals surface area contributed by atoms with Crippen molar-refractivity contribution in [3.8, 4) is 0 Å². The molecule has 116 valence electrons. The van der Waals surface area contributed by atoms with Crippen LogP contribution in [0.25, 0.3) is 0 Å². The molecule has 1 atom stereocenters. The Kier molecular flexibility index (Phi) is 4.29. The second kappa shape index (κ2) is 5.83. The predicted octanol–water partition coefficient (Wildman–Crippen LogP) is 1.75. The lowest BCUT2D eigenvalue weighted by molar-refractivity contribution is -0.128. The van der Waals surface area contributed by atoms with Gasteiger partial charge in [-0.25, -0.2) is 13.8 Å². The molecule has 21 heavy (non-hydrogen) atoms. The molecule has 0 bridgehead atoms.